The van der Waals surface area contributed by atoms with Crippen molar-refractivity contribution in [2.75, 3.05) is 33.7 Å². The maximum absolute atomic E-state index is 12.7. The van der Waals surface area contributed by atoms with Crippen LogP contribution in [0.1, 0.15) is 29.1 Å². The molecule has 4 rings (SSSR count). The van der Waals surface area contributed by atoms with E-state index in [1.807, 2.05) is 9.80 Å². The summed E-state index contributed by atoms with van der Waals surface area (Å²) in [6.45, 7) is 3.77. The van der Waals surface area contributed by atoms with E-state index in [4.69, 9.17) is 4.52 Å². The van der Waals surface area contributed by atoms with E-state index in [1.54, 1.807) is 32.0 Å². The van der Waals surface area contributed by atoms with Crippen LogP contribution in [-0.2, 0) is 0 Å². The van der Waals surface area contributed by atoms with Gasteiger partial charge in [-0.2, -0.15) is 0 Å². The molecule has 7 nitrogen and oxygen atoms in total. The Balaban J connectivity index is 1.78. The fraction of sp³-hybridized carbons (Fsp3) is 0.667. The third-order valence-electron chi connectivity index (χ3n) is 4.47. The molecule has 2 bridgehead atoms. The predicted molar refractivity (Wildman–Crippen MR) is 79.4 cm³/mol. The van der Waals surface area contributed by atoms with Crippen molar-refractivity contribution >= 4 is 11.9 Å². The number of nitrogens with zero attached hydrogens (tertiary/aromatic N) is 4. The summed E-state index contributed by atoms with van der Waals surface area (Å²) in [6.07, 6.45) is 1.99. The largest absolute Gasteiger partial charge is 0.361 e. The first-order valence-electron chi connectivity index (χ1n) is 7.66. The van der Waals surface area contributed by atoms with Crippen molar-refractivity contribution in [2.24, 2.45) is 5.92 Å². The molecular formula is C15H22N4O3. The summed E-state index contributed by atoms with van der Waals surface area (Å²) in [5.74, 6) is 0.873. The van der Waals surface area contributed by atoms with Crippen LogP contribution >= 0.6 is 0 Å². The number of piperidine rings is 1. The molecule has 3 amide bonds. The minimum absolute atomic E-state index is 0.0171. The molecule has 0 unspecified atom stereocenters. The highest BCUT2D eigenvalue weighted by Crippen LogP contribution is 2.29. The number of urea groups is 1. The number of carbonyl (C=O) groups excluding carboxylic acids is 2. The summed E-state index contributed by atoms with van der Waals surface area (Å²) in [5.41, 5.74) is 0.357. The van der Waals surface area contributed by atoms with Gasteiger partial charge in [0.1, 0.15) is 5.76 Å². The molecular weight excluding hydrogens is 284 g/mol. The van der Waals surface area contributed by atoms with Gasteiger partial charge >= 0.3 is 6.03 Å². The molecule has 0 spiro atoms. The lowest BCUT2D eigenvalue weighted by molar-refractivity contribution is 0.0575. The van der Waals surface area contributed by atoms with Crippen LogP contribution in [0.5, 0.6) is 0 Å². The highest BCUT2D eigenvalue weighted by Gasteiger charge is 2.39. The van der Waals surface area contributed by atoms with Crippen LogP contribution in [0.25, 0.3) is 0 Å². The van der Waals surface area contributed by atoms with Crippen LogP contribution in [-0.4, -0.2) is 71.6 Å². The van der Waals surface area contributed by atoms with E-state index in [0.29, 0.717) is 30.5 Å². The topological polar surface area (TPSA) is 69.9 Å². The Morgan fingerprint density at radius 1 is 1.27 bits per heavy atom. The van der Waals surface area contributed by atoms with Crippen molar-refractivity contribution in [3.05, 3.63) is 17.5 Å². The van der Waals surface area contributed by atoms with Gasteiger partial charge in [0, 0.05) is 45.8 Å². The molecule has 0 aliphatic carbocycles. The van der Waals surface area contributed by atoms with Gasteiger partial charge < -0.3 is 19.2 Å². The average molecular weight is 306 g/mol. The van der Waals surface area contributed by atoms with Crippen LogP contribution in [0.4, 0.5) is 4.79 Å². The summed E-state index contributed by atoms with van der Waals surface area (Å²) < 4.78 is 5.01. The molecule has 4 heterocycles. The maximum atomic E-state index is 12.7. The smallest absolute Gasteiger partial charge is 0.319 e. The molecule has 1 aromatic heterocycles. The Kier molecular flexibility index (Phi) is 3.80. The van der Waals surface area contributed by atoms with E-state index in [0.717, 1.165) is 19.4 Å². The zero-order chi connectivity index (χ0) is 15.9. The summed E-state index contributed by atoms with van der Waals surface area (Å²) in [5, 5.41) is 3.83. The molecule has 0 saturated carbocycles. The predicted octanol–water partition coefficient (Wildman–Crippen LogP) is 1.20. The third-order valence-corrected chi connectivity index (χ3v) is 4.47. The van der Waals surface area contributed by atoms with E-state index in [2.05, 4.69) is 5.16 Å². The van der Waals surface area contributed by atoms with Gasteiger partial charge in [-0.15, -0.1) is 0 Å². The summed E-state index contributed by atoms with van der Waals surface area (Å²) >= 11 is 0. The van der Waals surface area contributed by atoms with Gasteiger partial charge in [-0.1, -0.05) is 5.16 Å². The van der Waals surface area contributed by atoms with Crippen LogP contribution < -0.4 is 0 Å². The molecule has 3 aliphatic rings. The van der Waals surface area contributed by atoms with E-state index < -0.39 is 0 Å². The fourth-order valence-corrected chi connectivity index (χ4v) is 3.38. The number of hydrogen-bond donors (Lipinski definition) is 0. The van der Waals surface area contributed by atoms with Crippen LogP contribution in [0.2, 0.25) is 0 Å². The van der Waals surface area contributed by atoms with Gasteiger partial charge in [0.05, 0.1) is 0 Å². The number of rotatable bonds is 1. The SMILES string of the molecule is Cc1cc(C(=O)N2C[C@@H]3CC[C@H]2CN(C(=O)N(C)C)C3)no1. The van der Waals surface area contributed by atoms with Crippen molar-refractivity contribution < 1.29 is 14.1 Å². The number of aromatic nitrogens is 1. The summed E-state index contributed by atoms with van der Waals surface area (Å²) in [7, 11) is 3.52. The summed E-state index contributed by atoms with van der Waals surface area (Å²) in [6, 6.07) is 1.75. The normalized spacial score (nSPS) is 24.3. The molecule has 0 aromatic carbocycles. The molecule has 2 atom stereocenters. The zero-order valence-electron chi connectivity index (χ0n) is 13.3. The molecule has 0 N–H and O–H groups in total. The van der Waals surface area contributed by atoms with E-state index in [9.17, 15) is 9.59 Å². The lowest BCUT2D eigenvalue weighted by Crippen LogP contribution is -2.48. The van der Waals surface area contributed by atoms with E-state index in [-0.39, 0.29) is 18.0 Å². The van der Waals surface area contributed by atoms with Gasteiger partial charge in [0.15, 0.2) is 5.69 Å². The Morgan fingerprint density at radius 3 is 2.68 bits per heavy atom. The zero-order valence-corrected chi connectivity index (χ0v) is 13.3. The number of amides is 3. The molecule has 7 heteroatoms. The average Bonchev–Trinajstić information content (AvgIpc) is 2.73. The minimum Gasteiger partial charge on any atom is -0.361 e. The lowest BCUT2D eigenvalue weighted by atomic mass is 9.94. The molecule has 120 valence electrons. The van der Waals surface area contributed by atoms with Crippen LogP contribution in [0, 0.1) is 12.8 Å². The molecule has 3 saturated heterocycles. The number of hydrogen-bond acceptors (Lipinski definition) is 4. The van der Waals surface area contributed by atoms with Crippen LogP contribution in [0.15, 0.2) is 10.6 Å². The van der Waals surface area contributed by atoms with Crippen molar-refractivity contribution in [1.82, 2.24) is 19.9 Å². The van der Waals surface area contributed by atoms with E-state index in [1.165, 1.54) is 0 Å². The maximum Gasteiger partial charge on any atom is 0.319 e. The number of fused-ring (bicyclic) bond motifs is 4. The Hall–Kier alpha value is -2.05. The molecule has 0 radical (unpaired) electrons. The van der Waals surface area contributed by atoms with Gasteiger partial charge in [0.2, 0.25) is 0 Å². The van der Waals surface area contributed by atoms with Crippen LogP contribution in [0.3, 0.4) is 0 Å². The second-order valence-corrected chi connectivity index (χ2v) is 6.46. The number of carbonyl (C=O) groups is 2. The second kappa shape index (κ2) is 5.62. The van der Waals surface area contributed by atoms with Crippen molar-refractivity contribution in [3.63, 3.8) is 0 Å². The first-order chi connectivity index (χ1) is 10.5. The van der Waals surface area contributed by atoms with Gasteiger partial charge in [-0.3, -0.25) is 4.79 Å². The van der Waals surface area contributed by atoms with E-state index >= 15 is 0 Å². The Labute approximate surface area is 129 Å². The fourth-order valence-electron chi connectivity index (χ4n) is 3.38. The van der Waals surface area contributed by atoms with Gasteiger partial charge in [-0.05, 0) is 25.7 Å². The van der Waals surface area contributed by atoms with Gasteiger partial charge in [0.25, 0.3) is 5.91 Å². The molecule has 3 fully saturated rings. The van der Waals surface area contributed by atoms with Crippen molar-refractivity contribution in [3.8, 4) is 0 Å². The highest BCUT2D eigenvalue weighted by atomic mass is 16.5. The first-order valence-corrected chi connectivity index (χ1v) is 7.66. The third kappa shape index (κ3) is 2.67. The first kappa shape index (κ1) is 14.9. The number of aryl methyl sites for hydroxylation is 1. The van der Waals surface area contributed by atoms with Gasteiger partial charge in [-0.25, -0.2) is 4.79 Å². The summed E-state index contributed by atoms with van der Waals surface area (Å²) in [4.78, 5) is 30.2. The molecule has 3 aliphatic heterocycles. The van der Waals surface area contributed by atoms with Crippen molar-refractivity contribution in [2.45, 2.75) is 25.8 Å². The Morgan fingerprint density at radius 2 is 2.05 bits per heavy atom. The standard InChI is InChI=1S/C15H22N4O3/c1-10-6-13(16-22-10)14(20)19-8-11-4-5-12(19)9-18(7-11)15(21)17(2)3/h6,11-12H,4-5,7-9H2,1-3H3/t11-,12+/m1/s1. The highest BCUT2D eigenvalue weighted by molar-refractivity contribution is 5.92. The second-order valence-electron chi connectivity index (χ2n) is 6.46. The molecule has 22 heavy (non-hydrogen) atoms. The van der Waals surface area contributed by atoms with Crippen molar-refractivity contribution in [1.29, 1.82) is 0 Å². The minimum atomic E-state index is -0.0919. The molecule has 1 aromatic rings. The Bertz CT molecular complexity index is 583. The lowest BCUT2D eigenvalue weighted by Gasteiger charge is -2.35. The quantitative estimate of drug-likeness (QED) is 0.782. The monoisotopic (exact) mass is 306 g/mol.